The lowest BCUT2D eigenvalue weighted by molar-refractivity contribution is 0.0694. The lowest BCUT2D eigenvalue weighted by Crippen LogP contribution is -2.41. The van der Waals surface area contributed by atoms with E-state index in [1.165, 1.54) is 0 Å². The first-order chi connectivity index (χ1) is 13.0. The summed E-state index contributed by atoms with van der Waals surface area (Å²) in [6, 6.07) is 13.0. The molecule has 0 N–H and O–H groups in total. The van der Waals surface area contributed by atoms with Crippen LogP contribution in [0.25, 0.3) is 0 Å². The van der Waals surface area contributed by atoms with Crippen LogP contribution in [0, 0.1) is 0 Å². The van der Waals surface area contributed by atoms with Gasteiger partial charge >= 0.3 is 0 Å². The highest BCUT2D eigenvalue weighted by Gasteiger charge is 2.34. The van der Waals surface area contributed by atoms with E-state index in [2.05, 4.69) is 11.9 Å². The summed E-state index contributed by atoms with van der Waals surface area (Å²) < 4.78 is 23.7. The van der Waals surface area contributed by atoms with Gasteiger partial charge in [0, 0.05) is 29.2 Å². The van der Waals surface area contributed by atoms with Gasteiger partial charge in [-0.25, -0.2) is 13.4 Å². The zero-order chi connectivity index (χ0) is 19.3. The second-order valence-electron chi connectivity index (χ2n) is 6.70. The van der Waals surface area contributed by atoms with E-state index in [1.54, 1.807) is 22.9 Å². The topological polar surface area (TPSA) is 67.3 Å². The normalized spacial score (nSPS) is 18.3. The van der Waals surface area contributed by atoms with Gasteiger partial charge in [-0.3, -0.25) is 4.79 Å². The summed E-state index contributed by atoms with van der Waals surface area (Å²) in [4.78, 5) is 20.1. The van der Waals surface area contributed by atoms with Crippen LogP contribution in [0.4, 0.5) is 0 Å². The molecule has 1 unspecified atom stereocenters. The van der Waals surface area contributed by atoms with E-state index < -0.39 is 9.84 Å². The summed E-state index contributed by atoms with van der Waals surface area (Å²) in [7, 11) is -3.03. The first-order valence-electron chi connectivity index (χ1n) is 9.19. The maximum Gasteiger partial charge on any atom is 0.254 e. The van der Waals surface area contributed by atoms with Gasteiger partial charge < -0.3 is 4.90 Å². The number of benzene rings is 1. The Labute approximate surface area is 165 Å². The van der Waals surface area contributed by atoms with Gasteiger partial charge in [0.15, 0.2) is 9.84 Å². The van der Waals surface area contributed by atoms with Gasteiger partial charge in [-0.2, -0.15) is 0 Å². The molecule has 1 aliphatic rings. The van der Waals surface area contributed by atoms with Crippen molar-refractivity contribution in [1.82, 2.24) is 9.88 Å². The number of carbonyl (C=O) groups excluding carboxylic acids is 1. The number of aromatic nitrogens is 1. The van der Waals surface area contributed by atoms with Gasteiger partial charge in [0.1, 0.15) is 5.03 Å². The molecule has 2 aromatic rings. The smallest absolute Gasteiger partial charge is 0.254 e. The fourth-order valence-corrected chi connectivity index (χ4v) is 5.66. The molecule has 2 heterocycles. The van der Waals surface area contributed by atoms with Crippen LogP contribution in [0.5, 0.6) is 0 Å². The summed E-state index contributed by atoms with van der Waals surface area (Å²) >= 11 is 1.54. The Kier molecular flexibility index (Phi) is 6.55. The van der Waals surface area contributed by atoms with Crippen molar-refractivity contribution in [3.05, 3.63) is 54.2 Å². The van der Waals surface area contributed by atoms with Crippen LogP contribution in [-0.2, 0) is 9.84 Å². The van der Waals surface area contributed by atoms with Crippen LogP contribution >= 0.6 is 11.8 Å². The molecule has 1 aliphatic heterocycles. The van der Waals surface area contributed by atoms with Gasteiger partial charge in [0.05, 0.1) is 11.5 Å². The summed E-state index contributed by atoms with van der Waals surface area (Å²) in [5.41, 5.74) is 0.598. The van der Waals surface area contributed by atoms with Crippen molar-refractivity contribution in [3.8, 4) is 0 Å². The highest BCUT2D eigenvalue weighted by atomic mass is 32.2. The minimum Gasteiger partial charge on any atom is -0.335 e. The Morgan fingerprint density at radius 2 is 2.00 bits per heavy atom. The lowest BCUT2D eigenvalue weighted by Gasteiger charge is -2.28. The minimum atomic E-state index is -3.03. The SMILES string of the molecule is CCCCN(C(=O)c1ccc(Sc2ccccn2)cc1)C1CCS(=O)(=O)C1. The lowest BCUT2D eigenvalue weighted by atomic mass is 10.1. The Morgan fingerprint density at radius 1 is 1.22 bits per heavy atom. The maximum absolute atomic E-state index is 13.0. The zero-order valence-corrected chi connectivity index (χ0v) is 17.0. The first kappa shape index (κ1) is 19.9. The van der Waals surface area contributed by atoms with Crippen molar-refractivity contribution in [1.29, 1.82) is 0 Å². The number of nitrogens with zero attached hydrogens (tertiary/aromatic N) is 2. The van der Waals surface area contributed by atoms with Gasteiger partial charge in [-0.1, -0.05) is 31.2 Å². The fraction of sp³-hybridized carbons (Fsp3) is 0.400. The second-order valence-corrected chi connectivity index (χ2v) is 10.0. The van der Waals surface area contributed by atoms with Crippen LogP contribution in [0.3, 0.4) is 0 Å². The molecule has 144 valence electrons. The van der Waals surface area contributed by atoms with E-state index in [0.717, 1.165) is 22.8 Å². The molecule has 3 rings (SSSR count). The number of carbonyl (C=O) groups is 1. The average molecular weight is 405 g/mol. The molecule has 0 spiro atoms. The van der Waals surface area contributed by atoms with Crippen LogP contribution in [0.2, 0.25) is 0 Å². The number of amides is 1. The fourth-order valence-electron chi connectivity index (χ4n) is 3.16. The molecule has 0 bridgehead atoms. The molecule has 5 nitrogen and oxygen atoms in total. The van der Waals surface area contributed by atoms with Crippen LogP contribution in [0.1, 0.15) is 36.5 Å². The average Bonchev–Trinajstić information content (AvgIpc) is 3.03. The monoisotopic (exact) mass is 404 g/mol. The van der Waals surface area contributed by atoms with Crippen molar-refractivity contribution < 1.29 is 13.2 Å². The summed E-state index contributed by atoms with van der Waals surface area (Å²) in [5.74, 6) is 0.170. The third-order valence-electron chi connectivity index (χ3n) is 4.62. The standard InChI is InChI=1S/C20H24N2O3S2/c1-2-3-13-22(17-11-14-27(24,25)15-17)20(23)16-7-9-18(10-8-16)26-19-6-4-5-12-21-19/h4-10,12,17H,2-3,11,13-15H2,1H3. The molecular formula is C20H24N2O3S2. The number of unbranched alkanes of at least 4 members (excludes halogenated alkanes) is 1. The highest BCUT2D eigenvalue weighted by molar-refractivity contribution is 7.99. The Morgan fingerprint density at radius 3 is 2.59 bits per heavy atom. The number of hydrogen-bond acceptors (Lipinski definition) is 5. The second kappa shape index (κ2) is 8.89. The van der Waals surface area contributed by atoms with E-state index in [4.69, 9.17) is 0 Å². The molecule has 1 aromatic heterocycles. The molecular weight excluding hydrogens is 380 g/mol. The number of pyridine rings is 1. The Hall–Kier alpha value is -1.86. The molecule has 0 aliphatic carbocycles. The molecule has 7 heteroatoms. The predicted octanol–water partition coefficient (Wildman–Crippen LogP) is 3.66. The van der Waals surface area contributed by atoms with E-state index in [9.17, 15) is 13.2 Å². The Bertz CT molecular complexity index is 868. The molecule has 27 heavy (non-hydrogen) atoms. The number of hydrogen-bond donors (Lipinski definition) is 0. The third kappa shape index (κ3) is 5.32. The molecule has 1 atom stereocenters. The van der Waals surface area contributed by atoms with Crippen molar-refractivity contribution in [2.45, 2.75) is 42.1 Å². The molecule has 0 radical (unpaired) electrons. The van der Waals surface area contributed by atoms with Crippen LogP contribution in [0.15, 0.2) is 58.6 Å². The minimum absolute atomic E-state index is 0.0794. The molecule has 1 amide bonds. The van der Waals surface area contributed by atoms with Gasteiger partial charge in [0.2, 0.25) is 0 Å². The number of rotatable bonds is 7. The van der Waals surface area contributed by atoms with Crippen molar-refractivity contribution in [3.63, 3.8) is 0 Å². The first-order valence-corrected chi connectivity index (χ1v) is 11.8. The van der Waals surface area contributed by atoms with E-state index in [0.29, 0.717) is 18.5 Å². The number of sulfone groups is 1. The van der Waals surface area contributed by atoms with Gasteiger partial charge in [-0.05, 0) is 49.2 Å². The summed E-state index contributed by atoms with van der Waals surface area (Å²) in [6.45, 7) is 2.66. The zero-order valence-electron chi connectivity index (χ0n) is 15.4. The van der Waals surface area contributed by atoms with Gasteiger partial charge in [-0.15, -0.1) is 0 Å². The predicted molar refractivity (Wildman–Crippen MR) is 108 cm³/mol. The highest BCUT2D eigenvalue weighted by Crippen LogP contribution is 2.27. The molecule has 1 aromatic carbocycles. The van der Waals surface area contributed by atoms with Crippen LogP contribution in [-0.4, -0.2) is 48.3 Å². The van der Waals surface area contributed by atoms with E-state index >= 15 is 0 Å². The van der Waals surface area contributed by atoms with E-state index in [-0.39, 0.29) is 23.5 Å². The Balaban J connectivity index is 1.73. The quantitative estimate of drug-likeness (QED) is 0.704. The maximum atomic E-state index is 13.0. The van der Waals surface area contributed by atoms with Gasteiger partial charge in [0.25, 0.3) is 5.91 Å². The van der Waals surface area contributed by atoms with Crippen LogP contribution < -0.4 is 0 Å². The third-order valence-corrected chi connectivity index (χ3v) is 7.33. The largest absolute Gasteiger partial charge is 0.335 e. The van der Waals surface area contributed by atoms with Crippen molar-refractivity contribution >= 4 is 27.5 Å². The summed E-state index contributed by atoms with van der Waals surface area (Å²) in [5, 5.41) is 0.900. The molecule has 1 saturated heterocycles. The van der Waals surface area contributed by atoms with Crippen molar-refractivity contribution in [2.75, 3.05) is 18.1 Å². The van der Waals surface area contributed by atoms with Crippen molar-refractivity contribution in [2.24, 2.45) is 0 Å². The van der Waals surface area contributed by atoms with E-state index in [1.807, 2.05) is 42.5 Å². The molecule has 0 saturated carbocycles. The molecule has 1 fully saturated rings. The summed E-state index contributed by atoms with van der Waals surface area (Å²) in [6.07, 6.45) is 4.12.